The first-order valence-corrected chi connectivity index (χ1v) is 7.87. The van der Waals surface area contributed by atoms with Crippen molar-refractivity contribution >= 4 is 5.91 Å². The highest BCUT2D eigenvalue weighted by atomic mass is 16.5. The molecule has 1 amide bonds. The molecule has 0 aliphatic rings. The summed E-state index contributed by atoms with van der Waals surface area (Å²) >= 11 is 0. The van der Waals surface area contributed by atoms with Crippen LogP contribution >= 0.6 is 0 Å². The van der Waals surface area contributed by atoms with Gasteiger partial charge in [-0.25, -0.2) is 0 Å². The molecule has 0 unspecified atom stereocenters. The average molecular weight is 351 g/mol. The van der Waals surface area contributed by atoms with Crippen LogP contribution < -0.4 is 14.8 Å². The molecule has 0 bridgehead atoms. The van der Waals surface area contributed by atoms with Crippen LogP contribution in [0.3, 0.4) is 0 Å². The van der Waals surface area contributed by atoms with Crippen molar-refractivity contribution in [2.24, 2.45) is 0 Å². The number of furan rings is 1. The van der Waals surface area contributed by atoms with Gasteiger partial charge in [0.25, 0.3) is 5.91 Å². The van der Waals surface area contributed by atoms with E-state index in [1.807, 2.05) is 18.2 Å². The molecule has 2 N–H and O–H groups in total. The molecule has 7 heteroatoms. The number of aromatic amines is 1. The lowest BCUT2D eigenvalue weighted by atomic mass is 10.3. The zero-order valence-corrected chi connectivity index (χ0v) is 14.1. The summed E-state index contributed by atoms with van der Waals surface area (Å²) in [6.07, 6.45) is 1.55. The maximum atomic E-state index is 12.0. The normalized spacial score (nSPS) is 9.88. The second-order valence-electron chi connectivity index (χ2n) is 5.12. The van der Waals surface area contributed by atoms with E-state index in [1.165, 1.54) is 0 Å². The lowest BCUT2D eigenvalue weighted by Crippen LogP contribution is -2.24. The zero-order valence-electron chi connectivity index (χ0n) is 14.1. The summed E-state index contributed by atoms with van der Waals surface area (Å²) in [5, 5.41) is 9.39. The molecule has 0 aliphatic carbocycles. The van der Waals surface area contributed by atoms with Gasteiger partial charge in [-0.15, -0.1) is 0 Å². The van der Waals surface area contributed by atoms with Crippen LogP contribution in [0, 0.1) is 11.8 Å². The second kappa shape index (κ2) is 8.44. The van der Waals surface area contributed by atoms with E-state index in [4.69, 9.17) is 13.9 Å². The van der Waals surface area contributed by atoms with Gasteiger partial charge >= 0.3 is 0 Å². The van der Waals surface area contributed by atoms with Gasteiger partial charge < -0.3 is 19.2 Å². The largest absolute Gasteiger partial charge is 0.493 e. The Bertz CT molecular complexity index is 920. The predicted molar refractivity (Wildman–Crippen MR) is 94.9 cm³/mol. The number of methoxy groups -OCH3 is 1. The molecule has 2 heterocycles. The Hall–Kier alpha value is -3.66. The number of benzene rings is 1. The van der Waals surface area contributed by atoms with Crippen molar-refractivity contribution in [3.63, 3.8) is 0 Å². The van der Waals surface area contributed by atoms with Crippen LogP contribution in [0.2, 0.25) is 0 Å². The number of nitrogens with zero attached hydrogens (tertiary/aromatic N) is 1. The van der Waals surface area contributed by atoms with Crippen molar-refractivity contribution in [1.82, 2.24) is 15.5 Å². The highest BCUT2D eigenvalue weighted by Crippen LogP contribution is 2.25. The number of hydrogen-bond acceptors (Lipinski definition) is 5. The van der Waals surface area contributed by atoms with E-state index in [-0.39, 0.29) is 24.8 Å². The number of carbonyl (C=O) groups excluding carboxylic acids is 1. The van der Waals surface area contributed by atoms with Gasteiger partial charge in [0.1, 0.15) is 12.3 Å². The van der Waals surface area contributed by atoms with Gasteiger partial charge in [0.15, 0.2) is 23.0 Å². The minimum atomic E-state index is -0.320. The highest BCUT2D eigenvalue weighted by molar-refractivity contribution is 5.93. The molecule has 132 valence electrons. The van der Waals surface area contributed by atoms with Gasteiger partial charge in [0.2, 0.25) is 0 Å². The standard InChI is InChI=1S/C19H17N3O4/c1-24-17-7-2-3-8-18(17)26-11-5-4-10-20-19(23)15-13-14(21-22-15)16-9-6-12-25-16/h2-3,6-9,12-13H,10-11H2,1H3,(H,20,23)(H,21,22). The topological polar surface area (TPSA) is 89.4 Å². The SMILES string of the molecule is COc1ccccc1OCC#CCNC(=O)c1cc(-c2ccco2)[nH]n1. The third-order valence-corrected chi connectivity index (χ3v) is 3.43. The summed E-state index contributed by atoms with van der Waals surface area (Å²) in [5.41, 5.74) is 0.903. The van der Waals surface area contributed by atoms with E-state index in [9.17, 15) is 4.79 Å². The third kappa shape index (κ3) is 4.24. The Balaban J connectivity index is 1.45. The van der Waals surface area contributed by atoms with Gasteiger partial charge in [-0.1, -0.05) is 24.0 Å². The number of para-hydroxylation sites is 2. The van der Waals surface area contributed by atoms with Gasteiger partial charge in [0.05, 0.1) is 19.9 Å². The van der Waals surface area contributed by atoms with E-state index in [2.05, 4.69) is 27.4 Å². The fraction of sp³-hybridized carbons (Fsp3) is 0.158. The summed E-state index contributed by atoms with van der Waals surface area (Å²) in [5.74, 6) is 7.22. The van der Waals surface area contributed by atoms with Crippen LogP contribution in [-0.4, -0.2) is 36.4 Å². The van der Waals surface area contributed by atoms with Crippen LogP contribution in [0.15, 0.2) is 53.1 Å². The Morgan fingerprint density at radius 3 is 2.85 bits per heavy atom. The molecule has 1 aromatic carbocycles. The molecule has 26 heavy (non-hydrogen) atoms. The molecular weight excluding hydrogens is 334 g/mol. The second-order valence-corrected chi connectivity index (χ2v) is 5.12. The van der Waals surface area contributed by atoms with Crippen LogP contribution in [0.25, 0.3) is 11.5 Å². The number of amides is 1. The summed E-state index contributed by atoms with van der Waals surface area (Å²) in [6, 6.07) is 12.5. The first-order valence-electron chi connectivity index (χ1n) is 7.87. The predicted octanol–water partition coefficient (Wildman–Crippen LogP) is 2.49. The summed E-state index contributed by atoms with van der Waals surface area (Å²) in [7, 11) is 1.58. The van der Waals surface area contributed by atoms with Crippen molar-refractivity contribution in [3.05, 3.63) is 54.4 Å². The van der Waals surface area contributed by atoms with Crippen molar-refractivity contribution in [2.75, 3.05) is 20.3 Å². The minimum Gasteiger partial charge on any atom is -0.493 e. The first kappa shape index (κ1) is 17.2. The van der Waals surface area contributed by atoms with Crippen molar-refractivity contribution < 1.29 is 18.7 Å². The smallest absolute Gasteiger partial charge is 0.272 e. The number of aromatic nitrogens is 2. The fourth-order valence-corrected chi connectivity index (χ4v) is 2.18. The Labute approximate surface area is 150 Å². The molecule has 0 aliphatic heterocycles. The van der Waals surface area contributed by atoms with E-state index in [0.717, 1.165) is 0 Å². The molecular formula is C19H17N3O4. The summed E-state index contributed by atoms with van der Waals surface area (Å²) in [6.45, 7) is 0.387. The quantitative estimate of drug-likeness (QED) is 0.666. The number of carbonyl (C=O) groups is 1. The number of nitrogens with one attached hydrogen (secondary N) is 2. The molecule has 3 rings (SSSR count). The average Bonchev–Trinajstić information content (AvgIpc) is 3.36. The molecule has 0 fully saturated rings. The number of rotatable bonds is 6. The van der Waals surface area contributed by atoms with Crippen LogP contribution in [0.1, 0.15) is 10.5 Å². The summed E-state index contributed by atoms with van der Waals surface area (Å²) in [4.78, 5) is 12.0. The molecule has 2 aromatic heterocycles. The molecule has 0 radical (unpaired) electrons. The third-order valence-electron chi connectivity index (χ3n) is 3.43. The molecule has 7 nitrogen and oxygen atoms in total. The number of hydrogen-bond donors (Lipinski definition) is 2. The molecule has 0 saturated heterocycles. The van der Waals surface area contributed by atoms with Gasteiger partial charge in [-0.05, 0) is 24.3 Å². The van der Waals surface area contributed by atoms with E-state index >= 15 is 0 Å². The maximum absolute atomic E-state index is 12.0. The fourth-order valence-electron chi connectivity index (χ4n) is 2.18. The Morgan fingerprint density at radius 2 is 2.08 bits per heavy atom. The van der Waals surface area contributed by atoms with E-state index < -0.39 is 0 Å². The van der Waals surface area contributed by atoms with Crippen molar-refractivity contribution in [1.29, 1.82) is 0 Å². The van der Waals surface area contributed by atoms with Crippen LogP contribution in [0.4, 0.5) is 0 Å². The zero-order chi connectivity index (χ0) is 18.2. The highest BCUT2D eigenvalue weighted by Gasteiger charge is 2.11. The molecule has 0 spiro atoms. The minimum absolute atomic E-state index is 0.192. The van der Waals surface area contributed by atoms with Crippen molar-refractivity contribution in [2.45, 2.75) is 0 Å². The Kier molecular flexibility index (Phi) is 5.58. The van der Waals surface area contributed by atoms with Crippen LogP contribution in [0.5, 0.6) is 11.5 Å². The van der Waals surface area contributed by atoms with E-state index in [0.29, 0.717) is 23.0 Å². The monoisotopic (exact) mass is 351 g/mol. The van der Waals surface area contributed by atoms with Crippen LogP contribution in [-0.2, 0) is 0 Å². The number of ether oxygens (including phenoxy) is 2. The Morgan fingerprint density at radius 1 is 1.23 bits per heavy atom. The molecule has 0 saturated carbocycles. The number of H-pyrrole nitrogens is 1. The summed E-state index contributed by atoms with van der Waals surface area (Å²) < 4.78 is 16.0. The lowest BCUT2D eigenvalue weighted by molar-refractivity contribution is 0.0953. The molecule has 3 aromatic rings. The van der Waals surface area contributed by atoms with Gasteiger partial charge in [0, 0.05) is 6.07 Å². The lowest BCUT2D eigenvalue weighted by Gasteiger charge is -2.07. The molecule has 0 atom stereocenters. The van der Waals surface area contributed by atoms with Gasteiger partial charge in [-0.2, -0.15) is 5.10 Å². The first-order chi connectivity index (χ1) is 12.8. The maximum Gasteiger partial charge on any atom is 0.272 e. The van der Waals surface area contributed by atoms with Gasteiger partial charge in [-0.3, -0.25) is 9.89 Å². The van der Waals surface area contributed by atoms with Crippen molar-refractivity contribution in [3.8, 4) is 34.8 Å². The van der Waals surface area contributed by atoms with E-state index in [1.54, 1.807) is 37.6 Å².